The summed E-state index contributed by atoms with van der Waals surface area (Å²) < 4.78 is 14.3. The van der Waals surface area contributed by atoms with Crippen molar-refractivity contribution in [2.75, 3.05) is 13.2 Å². The van der Waals surface area contributed by atoms with E-state index in [1.54, 1.807) is 4.57 Å². The van der Waals surface area contributed by atoms with E-state index in [4.69, 9.17) is 14.1 Å². The molecule has 0 N–H and O–H groups in total. The standard InChI is InChI=1S/C34H44N2O3Si/c1-10-23(2)26-15-17-28(18-16-26)36-32(35-30-14-12-11-13-29(30)33(36)37)27-21-24(3)31(25(4)22-27)38-19-20-39-40(8,9)34(5,6)7/h11-18,21-23H,10,19-20H2,1-9H3. The van der Waals surface area contributed by atoms with Crippen LogP contribution in [0.5, 0.6) is 5.75 Å². The van der Waals surface area contributed by atoms with Crippen molar-refractivity contribution in [3.63, 3.8) is 0 Å². The van der Waals surface area contributed by atoms with Crippen molar-refractivity contribution in [1.82, 2.24) is 9.55 Å². The van der Waals surface area contributed by atoms with Crippen LogP contribution in [0.1, 0.15) is 63.6 Å². The molecule has 0 aliphatic rings. The maximum Gasteiger partial charge on any atom is 0.266 e. The van der Waals surface area contributed by atoms with E-state index in [0.29, 0.717) is 35.9 Å². The Labute approximate surface area is 240 Å². The Morgan fingerprint density at radius 3 is 2.17 bits per heavy atom. The van der Waals surface area contributed by atoms with Gasteiger partial charge in [0.25, 0.3) is 5.56 Å². The molecule has 1 unspecified atom stereocenters. The van der Waals surface area contributed by atoms with Crippen molar-refractivity contribution in [3.05, 3.63) is 87.7 Å². The van der Waals surface area contributed by atoms with E-state index in [0.717, 1.165) is 34.5 Å². The molecule has 3 aromatic carbocycles. The van der Waals surface area contributed by atoms with Gasteiger partial charge in [-0.2, -0.15) is 0 Å². The lowest BCUT2D eigenvalue weighted by Gasteiger charge is -2.36. The molecule has 6 heteroatoms. The summed E-state index contributed by atoms with van der Waals surface area (Å²) in [6.07, 6.45) is 1.07. The molecule has 0 radical (unpaired) electrons. The van der Waals surface area contributed by atoms with Crippen LogP contribution in [0.3, 0.4) is 0 Å². The highest BCUT2D eigenvalue weighted by atomic mass is 28.4. The molecule has 0 amide bonds. The summed E-state index contributed by atoms with van der Waals surface area (Å²) in [5.41, 5.74) is 5.58. The maximum absolute atomic E-state index is 13.8. The number of ether oxygens (including phenoxy) is 1. The summed E-state index contributed by atoms with van der Waals surface area (Å²) in [4.78, 5) is 18.8. The SMILES string of the molecule is CCC(C)c1ccc(-n2c(-c3cc(C)c(OCCO[Si](C)(C)C(C)(C)C)c(C)c3)nc3ccccc3c2=O)cc1. The highest BCUT2D eigenvalue weighted by Gasteiger charge is 2.37. The molecule has 212 valence electrons. The molecule has 0 fully saturated rings. The van der Waals surface area contributed by atoms with Crippen LogP contribution in [0.4, 0.5) is 0 Å². The number of aryl methyl sites for hydroxylation is 2. The Hall–Kier alpha value is -3.22. The molecule has 4 rings (SSSR count). The minimum absolute atomic E-state index is 0.0738. The molecule has 0 aliphatic carbocycles. The fourth-order valence-corrected chi connectivity index (χ4v) is 5.74. The Kier molecular flexibility index (Phi) is 8.71. The van der Waals surface area contributed by atoms with Crippen LogP contribution < -0.4 is 10.3 Å². The van der Waals surface area contributed by atoms with Crippen molar-refractivity contribution in [3.8, 4) is 22.8 Å². The fraction of sp³-hybridized carbons (Fsp3) is 0.412. The van der Waals surface area contributed by atoms with Crippen LogP contribution in [0.15, 0.2) is 65.5 Å². The number of aromatic nitrogens is 2. The number of hydrogen-bond donors (Lipinski definition) is 0. The quantitative estimate of drug-likeness (QED) is 0.153. The van der Waals surface area contributed by atoms with Gasteiger partial charge in [0.15, 0.2) is 8.32 Å². The first-order valence-corrected chi connectivity index (χ1v) is 17.3. The number of hydrogen-bond acceptors (Lipinski definition) is 4. The summed E-state index contributed by atoms with van der Waals surface area (Å²) in [7, 11) is -1.82. The van der Waals surface area contributed by atoms with Crippen molar-refractivity contribution in [1.29, 1.82) is 0 Å². The average molecular weight is 557 g/mol. The minimum Gasteiger partial charge on any atom is -0.491 e. The molecular weight excluding hydrogens is 512 g/mol. The number of para-hydroxylation sites is 1. The van der Waals surface area contributed by atoms with Crippen LogP contribution in [0.25, 0.3) is 28.0 Å². The highest BCUT2D eigenvalue weighted by Crippen LogP contribution is 2.36. The summed E-state index contributed by atoms with van der Waals surface area (Å²) in [5, 5.41) is 0.768. The predicted molar refractivity (Wildman–Crippen MR) is 170 cm³/mol. The molecular formula is C34H44N2O3Si. The third-order valence-corrected chi connectivity index (χ3v) is 13.0. The minimum atomic E-state index is -1.82. The largest absolute Gasteiger partial charge is 0.491 e. The zero-order chi connectivity index (χ0) is 29.2. The second kappa shape index (κ2) is 11.7. The lowest BCUT2D eigenvalue weighted by molar-refractivity contribution is 0.202. The lowest BCUT2D eigenvalue weighted by atomic mass is 9.98. The van der Waals surface area contributed by atoms with Gasteiger partial charge in [0.2, 0.25) is 0 Å². The van der Waals surface area contributed by atoms with Crippen molar-refractivity contribution in [2.24, 2.45) is 0 Å². The highest BCUT2D eigenvalue weighted by molar-refractivity contribution is 6.74. The van der Waals surface area contributed by atoms with Gasteiger partial charge in [-0.25, -0.2) is 4.98 Å². The normalized spacial score (nSPS) is 13.0. The molecule has 40 heavy (non-hydrogen) atoms. The summed E-state index contributed by atoms with van der Waals surface area (Å²) >= 11 is 0. The number of nitrogens with zero attached hydrogens (tertiary/aromatic N) is 2. The van der Waals surface area contributed by atoms with E-state index < -0.39 is 8.32 Å². The van der Waals surface area contributed by atoms with Gasteiger partial charge >= 0.3 is 0 Å². The van der Waals surface area contributed by atoms with Gasteiger partial charge in [0.1, 0.15) is 18.2 Å². The van der Waals surface area contributed by atoms with E-state index in [1.807, 2.05) is 50.2 Å². The first-order valence-electron chi connectivity index (χ1n) is 14.3. The molecule has 0 saturated heterocycles. The van der Waals surface area contributed by atoms with Crippen LogP contribution >= 0.6 is 0 Å². The average Bonchev–Trinajstić information content (AvgIpc) is 2.91. The molecule has 5 nitrogen and oxygen atoms in total. The van der Waals surface area contributed by atoms with Crippen LogP contribution in [-0.4, -0.2) is 31.1 Å². The molecule has 1 atom stereocenters. The Morgan fingerprint density at radius 1 is 0.950 bits per heavy atom. The van der Waals surface area contributed by atoms with E-state index in [2.05, 4.69) is 72.0 Å². The van der Waals surface area contributed by atoms with Crippen molar-refractivity contribution >= 4 is 19.2 Å². The fourth-order valence-electron chi connectivity index (χ4n) is 4.72. The third-order valence-electron chi connectivity index (χ3n) is 8.43. The first-order chi connectivity index (χ1) is 18.8. The van der Waals surface area contributed by atoms with Gasteiger partial charge in [0, 0.05) is 5.56 Å². The Bertz CT molecular complexity index is 1530. The molecule has 0 saturated carbocycles. The summed E-state index contributed by atoms with van der Waals surface area (Å²) in [6.45, 7) is 20.8. The van der Waals surface area contributed by atoms with Crippen LogP contribution in [-0.2, 0) is 4.43 Å². The van der Waals surface area contributed by atoms with Gasteiger partial charge in [-0.3, -0.25) is 9.36 Å². The van der Waals surface area contributed by atoms with E-state index >= 15 is 0 Å². The second-order valence-electron chi connectivity index (χ2n) is 12.4. The predicted octanol–water partition coefficient (Wildman–Crippen LogP) is 8.58. The molecule has 0 aliphatic heterocycles. The second-order valence-corrected chi connectivity index (χ2v) is 17.2. The van der Waals surface area contributed by atoms with Gasteiger partial charge in [-0.05, 0) is 97.4 Å². The van der Waals surface area contributed by atoms with Crippen LogP contribution in [0, 0.1) is 13.8 Å². The van der Waals surface area contributed by atoms with Crippen molar-refractivity contribution < 1.29 is 9.16 Å². The molecule has 0 spiro atoms. The van der Waals surface area contributed by atoms with E-state index in [1.165, 1.54) is 5.56 Å². The van der Waals surface area contributed by atoms with E-state index in [-0.39, 0.29) is 10.6 Å². The van der Waals surface area contributed by atoms with Gasteiger partial charge < -0.3 is 9.16 Å². The van der Waals surface area contributed by atoms with Gasteiger partial charge in [-0.15, -0.1) is 0 Å². The topological polar surface area (TPSA) is 53.4 Å². The van der Waals surface area contributed by atoms with Crippen LogP contribution in [0.2, 0.25) is 18.1 Å². The zero-order valence-corrected chi connectivity index (χ0v) is 26.6. The van der Waals surface area contributed by atoms with E-state index in [9.17, 15) is 4.79 Å². The maximum atomic E-state index is 13.8. The molecule has 1 aromatic heterocycles. The smallest absolute Gasteiger partial charge is 0.266 e. The number of fused-ring (bicyclic) bond motifs is 1. The number of rotatable bonds is 9. The molecule has 4 aromatic rings. The van der Waals surface area contributed by atoms with Gasteiger partial charge in [0.05, 0.1) is 23.2 Å². The van der Waals surface area contributed by atoms with Gasteiger partial charge in [-0.1, -0.05) is 58.9 Å². The summed E-state index contributed by atoms with van der Waals surface area (Å²) in [5.74, 6) is 1.94. The Balaban J connectivity index is 1.71. The molecule has 1 heterocycles. The number of benzene rings is 3. The summed E-state index contributed by atoms with van der Waals surface area (Å²) in [6, 6.07) is 20.0. The molecule has 0 bridgehead atoms. The lowest BCUT2D eigenvalue weighted by Crippen LogP contribution is -2.41. The first kappa shape index (κ1) is 29.8. The zero-order valence-electron chi connectivity index (χ0n) is 25.6. The monoisotopic (exact) mass is 556 g/mol. The Morgan fingerprint density at radius 2 is 1.57 bits per heavy atom. The third kappa shape index (κ3) is 6.08. The van der Waals surface area contributed by atoms with Crippen molar-refractivity contribution in [2.45, 2.75) is 78.9 Å².